The minimum Gasteiger partial charge on any atom is -0.474 e. The third-order valence-corrected chi connectivity index (χ3v) is 4.48. The summed E-state index contributed by atoms with van der Waals surface area (Å²) in [6.07, 6.45) is 5.75. The Morgan fingerprint density at radius 1 is 1.33 bits per heavy atom. The van der Waals surface area contributed by atoms with Gasteiger partial charge in [0.25, 0.3) is 0 Å². The highest BCUT2D eigenvalue weighted by atomic mass is 16.5. The van der Waals surface area contributed by atoms with Gasteiger partial charge in [0.15, 0.2) is 0 Å². The lowest BCUT2D eigenvalue weighted by Crippen LogP contribution is -2.36. The van der Waals surface area contributed by atoms with Crippen LogP contribution in [0.3, 0.4) is 0 Å². The molecule has 0 amide bonds. The van der Waals surface area contributed by atoms with Crippen molar-refractivity contribution in [3.05, 3.63) is 11.9 Å². The number of ether oxygens (including phenoxy) is 1. The molecular weight excluding hydrogens is 262 g/mol. The zero-order valence-electron chi connectivity index (χ0n) is 13.8. The monoisotopic (exact) mass is 291 g/mol. The highest BCUT2D eigenvalue weighted by Crippen LogP contribution is 2.35. The number of anilines is 1. The number of nitrogens with zero attached hydrogens (tertiary/aromatic N) is 2. The number of rotatable bonds is 5. The molecule has 2 rings (SSSR count). The molecule has 0 bridgehead atoms. The molecule has 118 valence electrons. The molecule has 4 heteroatoms. The van der Waals surface area contributed by atoms with Crippen LogP contribution in [0, 0.1) is 17.8 Å². The van der Waals surface area contributed by atoms with Crippen LogP contribution < -0.4 is 10.5 Å². The SMILES string of the molecule is CCCc1nc(N)cc(OC2CC(C)CCC2C(C)C)n1. The van der Waals surface area contributed by atoms with Gasteiger partial charge >= 0.3 is 0 Å². The van der Waals surface area contributed by atoms with Gasteiger partial charge in [0.05, 0.1) is 0 Å². The molecule has 3 atom stereocenters. The first-order chi connectivity index (χ1) is 9.99. The molecule has 1 aliphatic rings. The third-order valence-electron chi connectivity index (χ3n) is 4.48. The third kappa shape index (κ3) is 4.32. The zero-order chi connectivity index (χ0) is 15.4. The van der Waals surface area contributed by atoms with Gasteiger partial charge < -0.3 is 10.5 Å². The van der Waals surface area contributed by atoms with Crippen LogP contribution in [-0.4, -0.2) is 16.1 Å². The van der Waals surface area contributed by atoms with E-state index in [1.165, 1.54) is 12.8 Å². The van der Waals surface area contributed by atoms with E-state index in [9.17, 15) is 0 Å². The first kappa shape index (κ1) is 16.1. The molecule has 1 aliphatic carbocycles. The molecule has 1 heterocycles. The van der Waals surface area contributed by atoms with Gasteiger partial charge in [0.1, 0.15) is 17.7 Å². The van der Waals surface area contributed by atoms with Gasteiger partial charge in [-0.3, -0.25) is 0 Å². The predicted molar refractivity (Wildman–Crippen MR) is 86.2 cm³/mol. The fourth-order valence-corrected chi connectivity index (χ4v) is 3.29. The van der Waals surface area contributed by atoms with E-state index >= 15 is 0 Å². The fourth-order valence-electron chi connectivity index (χ4n) is 3.29. The van der Waals surface area contributed by atoms with E-state index < -0.39 is 0 Å². The van der Waals surface area contributed by atoms with Crippen LogP contribution >= 0.6 is 0 Å². The summed E-state index contributed by atoms with van der Waals surface area (Å²) in [5, 5.41) is 0. The molecular formula is C17H29N3O. The second-order valence-electron chi connectivity index (χ2n) is 6.78. The van der Waals surface area contributed by atoms with Crippen molar-refractivity contribution >= 4 is 5.82 Å². The zero-order valence-corrected chi connectivity index (χ0v) is 13.8. The molecule has 0 saturated heterocycles. The maximum Gasteiger partial charge on any atom is 0.219 e. The van der Waals surface area contributed by atoms with Crippen molar-refractivity contribution in [3.63, 3.8) is 0 Å². The molecule has 1 fully saturated rings. The van der Waals surface area contributed by atoms with Crippen LogP contribution in [0.1, 0.15) is 59.2 Å². The van der Waals surface area contributed by atoms with Gasteiger partial charge in [0.2, 0.25) is 5.88 Å². The van der Waals surface area contributed by atoms with Crippen molar-refractivity contribution in [1.29, 1.82) is 0 Å². The minimum absolute atomic E-state index is 0.248. The largest absolute Gasteiger partial charge is 0.474 e. The quantitative estimate of drug-likeness (QED) is 0.895. The summed E-state index contributed by atoms with van der Waals surface area (Å²) in [5.74, 6) is 3.91. The Morgan fingerprint density at radius 3 is 2.76 bits per heavy atom. The molecule has 1 aromatic rings. The molecule has 0 aliphatic heterocycles. The Bertz CT molecular complexity index is 461. The smallest absolute Gasteiger partial charge is 0.219 e. The second kappa shape index (κ2) is 7.10. The van der Waals surface area contributed by atoms with E-state index in [0.717, 1.165) is 31.0 Å². The first-order valence-corrected chi connectivity index (χ1v) is 8.29. The van der Waals surface area contributed by atoms with E-state index in [4.69, 9.17) is 10.5 Å². The number of nitrogen functional groups attached to an aromatic ring is 1. The Balaban J connectivity index is 2.14. The molecule has 4 nitrogen and oxygen atoms in total. The lowest BCUT2D eigenvalue weighted by atomic mass is 9.75. The minimum atomic E-state index is 0.248. The van der Waals surface area contributed by atoms with Gasteiger partial charge in [-0.25, -0.2) is 4.98 Å². The predicted octanol–water partition coefficient (Wildman–Crippen LogP) is 3.85. The van der Waals surface area contributed by atoms with Crippen molar-refractivity contribution in [1.82, 2.24) is 9.97 Å². The van der Waals surface area contributed by atoms with Crippen LogP contribution in [0.15, 0.2) is 6.07 Å². The van der Waals surface area contributed by atoms with Crippen molar-refractivity contribution in [2.24, 2.45) is 17.8 Å². The fraction of sp³-hybridized carbons (Fsp3) is 0.765. The van der Waals surface area contributed by atoms with Crippen LogP contribution in [0.4, 0.5) is 5.82 Å². The van der Waals surface area contributed by atoms with Gasteiger partial charge in [0, 0.05) is 12.5 Å². The molecule has 1 saturated carbocycles. The summed E-state index contributed by atoms with van der Waals surface area (Å²) in [4.78, 5) is 8.80. The van der Waals surface area contributed by atoms with Crippen LogP contribution in [-0.2, 0) is 6.42 Å². The van der Waals surface area contributed by atoms with Crippen LogP contribution in [0.25, 0.3) is 0 Å². The maximum absolute atomic E-state index is 6.24. The molecule has 2 N–H and O–H groups in total. The van der Waals surface area contributed by atoms with E-state index in [1.807, 2.05) is 0 Å². The van der Waals surface area contributed by atoms with E-state index in [2.05, 4.69) is 37.7 Å². The summed E-state index contributed by atoms with van der Waals surface area (Å²) in [6, 6.07) is 1.76. The van der Waals surface area contributed by atoms with Crippen molar-refractivity contribution in [2.75, 3.05) is 5.73 Å². The normalized spacial score (nSPS) is 26.0. The number of nitrogens with two attached hydrogens (primary N) is 1. The lowest BCUT2D eigenvalue weighted by Gasteiger charge is -2.37. The Labute approximate surface area is 128 Å². The summed E-state index contributed by atoms with van der Waals surface area (Å²) in [7, 11) is 0. The number of aryl methyl sites for hydroxylation is 1. The van der Waals surface area contributed by atoms with Crippen LogP contribution in [0.5, 0.6) is 5.88 Å². The molecule has 0 aromatic carbocycles. The molecule has 21 heavy (non-hydrogen) atoms. The Morgan fingerprint density at radius 2 is 2.10 bits per heavy atom. The Kier molecular flexibility index (Phi) is 5.43. The lowest BCUT2D eigenvalue weighted by molar-refractivity contribution is 0.0424. The second-order valence-corrected chi connectivity index (χ2v) is 6.78. The highest BCUT2D eigenvalue weighted by molar-refractivity contribution is 5.33. The Hall–Kier alpha value is -1.32. The van der Waals surface area contributed by atoms with Crippen molar-refractivity contribution in [2.45, 2.75) is 65.9 Å². The average molecular weight is 291 g/mol. The highest BCUT2D eigenvalue weighted by Gasteiger charge is 2.32. The summed E-state index contributed by atoms with van der Waals surface area (Å²) >= 11 is 0. The maximum atomic E-state index is 6.24. The van der Waals surface area contributed by atoms with Gasteiger partial charge in [-0.15, -0.1) is 0 Å². The van der Waals surface area contributed by atoms with Gasteiger partial charge in [-0.1, -0.05) is 34.1 Å². The van der Waals surface area contributed by atoms with E-state index in [-0.39, 0.29) is 6.10 Å². The number of hydrogen-bond acceptors (Lipinski definition) is 4. The van der Waals surface area contributed by atoms with Gasteiger partial charge in [-0.2, -0.15) is 4.98 Å². The summed E-state index contributed by atoms with van der Waals surface area (Å²) in [6.45, 7) is 9.00. The van der Waals surface area contributed by atoms with Crippen LogP contribution in [0.2, 0.25) is 0 Å². The standard InChI is InChI=1S/C17H29N3O/c1-5-6-16-19-15(18)10-17(20-16)21-14-9-12(4)7-8-13(14)11(2)3/h10-14H,5-9H2,1-4H3,(H2,18,19,20). The van der Waals surface area contributed by atoms with Crippen molar-refractivity contribution in [3.8, 4) is 5.88 Å². The molecule has 1 aromatic heterocycles. The van der Waals surface area contributed by atoms with Crippen molar-refractivity contribution < 1.29 is 4.74 Å². The topological polar surface area (TPSA) is 61.0 Å². The van der Waals surface area contributed by atoms with E-state index in [0.29, 0.717) is 23.5 Å². The molecule has 3 unspecified atom stereocenters. The molecule has 0 radical (unpaired) electrons. The average Bonchev–Trinajstić information content (AvgIpc) is 2.38. The number of hydrogen-bond donors (Lipinski definition) is 1. The first-order valence-electron chi connectivity index (χ1n) is 8.29. The molecule has 0 spiro atoms. The van der Waals surface area contributed by atoms with E-state index in [1.54, 1.807) is 6.07 Å². The summed E-state index contributed by atoms with van der Waals surface area (Å²) in [5.41, 5.74) is 5.89. The summed E-state index contributed by atoms with van der Waals surface area (Å²) < 4.78 is 6.24. The van der Waals surface area contributed by atoms with Gasteiger partial charge in [-0.05, 0) is 37.0 Å². The number of aromatic nitrogens is 2.